The van der Waals surface area contributed by atoms with Crippen LogP contribution in [0.5, 0.6) is 0 Å². The van der Waals surface area contributed by atoms with Gasteiger partial charge in [0, 0.05) is 4.90 Å². The summed E-state index contributed by atoms with van der Waals surface area (Å²) in [5.74, 6) is -0.0150. The molecule has 1 rings (SSSR count). The summed E-state index contributed by atoms with van der Waals surface area (Å²) in [6.07, 6.45) is -2.84. The van der Waals surface area contributed by atoms with E-state index in [1.165, 1.54) is 0 Å². The van der Waals surface area contributed by atoms with Crippen molar-refractivity contribution >= 4 is 17.7 Å². The van der Waals surface area contributed by atoms with Crippen molar-refractivity contribution in [2.45, 2.75) is 24.0 Å². The Morgan fingerprint density at radius 1 is 1.50 bits per heavy atom. The Morgan fingerprint density at radius 3 is 2.75 bits per heavy atom. The van der Waals surface area contributed by atoms with Crippen LogP contribution in [-0.2, 0) is 4.79 Å². The lowest BCUT2D eigenvalue weighted by molar-refractivity contribution is -0.131. The molecule has 16 heavy (non-hydrogen) atoms. The van der Waals surface area contributed by atoms with Crippen LogP contribution >= 0.6 is 11.8 Å². The lowest BCUT2D eigenvalue weighted by Crippen LogP contribution is -2.33. The minimum absolute atomic E-state index is 0.491. The zero-order chi connectivity index (χ0) is 12.1. The van der Waals surface area contributed by atoms with Crippen molar-refractivity contribution in [2.75, 3.05) is 5.75 Å². The van der Waals surface area contributed by atoms with Crippen LogP contribution in [0.1, 0.15) is 18.6 Å². The van der Waals surface area contributed by atoms with Gasteiger partial charge in [0.1, 0.15) is 6.10 Å². The summed E-state index contributed by atoms with van der Waals surface area (Å²) in [7, 11) is 0. The van der Waals surface area contributed by atoms with Crippen molar-refractivity contribution in [3.63, 3.8) is 0 Å². The topological polar surface area (TPSA) is 83.6 Å². The SMILES string of the molecule is CCSc1cccc(C(O)C(O)C(N)=O)c1. The predicted octanol–water partition coefficient (Wildman–Crippen LogP) is 0.678. The lowest BCUT2D eigenvalue weighted by Gasteiger charge is -2.15. The molecule has 0 aromatic heterocycles. The smallest absolute Gasteiger partial charge is 0.249 e. The molecular formula is C11H15NO3S. The fraction of sp³-hybridized carbons (Fsp3) is 0.364. The molecule has 0 saturated heterocycles. The molecule has 1 aromatic carbocycles. The van der Waals surface area contributed by atoms with Crippen LogP contribution in [-0.4, -0.2) is 28.0 Å². The second kappa shape index (κ2) is 5.89. The summed E-state index contributed by atoms with van der Waals surface area (Å²) in [5.41, 5.74) is 5.41. The molecule has 0 radical (unpaired) electrons. The minimum atomic E-state index is -1.57. The summed E-state index contributed by atoms with van der Waals surface area (Å²) >= 11 is 1.62. The molecule has 0 spiro atoms. The highest BCUT2D eigenvalue weighted by Crippen LogP contribution is 2.23. The van der Waals surface area contributed by atoms with E-state index in [1.807, 2.05) is 13.0 Å². The average Bonchev–Trinajstić information content (AvgIpc) is 2.28. The number of thioether (sulfide) groups is 1. The highest BCUT2D eigenvalue weighted by Gasteiger charge is 2.23. The van der Waals surface area contributed by atoms with Gasteiger partial charge in [-0.15, -0.1) is 11.8 Å². The van der Waals surface area contributed by atoms with E-state index in [9.17, 15) is 15.0 Å². The van der Waals surface area contributed by atoms with Crippen LogP contribution in [0.2, 0.25) is 0 Å². The van der Waals surface area contributed by atoms with Crippen LogP contribution < -0.4 is 5.73 Å². The number of primary amides is 1. The van der Waals surface area contributed by atoms with Crippen molar-refractivity contribution in [2.24, 2.45) is 5.73 Å². The first kappa shape index (κ1) is 13.0. The maximum absolute atomic E-state index is 10.7. The van der Waals surface area contributed by atoms with E-state index in [-0.39, 0.29) is 0 Å². The quantitative estimate of drug-likeness (QED) is 0.662. The second-order valence-corrected chi connectivity index (χ2v) is 4.63. The van der Waals surface area contributed by atoms with Gasteiger partial charge < -0.3 is 15.9 Å². The molecule has 2 unspecified atom stereocenters. The van der Waals surface area contributed by atoms with E-state index in [0.717, 1.165) is 10.6 Å². The molecular weight excluding hydrogens is 226 g/mol. The van der Waals surface area contributed by atoms with Gasteiger partial charge in [-0.25, -0.2) is 0 Å². The van der Waals surface area contributed by atoms with E-state index in [4.69, 9.17) is 5.73 Å². The van der Waals surface area contributed by atoms with Gasteiger partial charge in [0.05, 0.1) is 0 Å². The third-order valence-corrected chi connectivity index (χ3v) is 2.98. The number of hydrogen-bond acceptors (Lipinski definition) is 4. The van der Waals surface area contributed by atoms with Gasteiger partial charge >= 0.3 is 0 Å². The Bertz CT molecular complexity index is 370. The molecule has 5 heteroatoms. The number of benzene rings is 1. The summed E-state index contributed by atoms with van der Waals surface area (Å²) in [6.45, 7) is 2.02. The van der Waals surface area contributed by atoms with Crippen LogP contribution in [0.15, 0.2) is 29.2 Å². The van der Waals surface area contributed by atoms with E-state index < -0.39 is 18.1 Å². The minimum Gasteiger partial charge on any atom is -0.385 e. The van der Waals surface area contributed by atoms with Crippen LogP contribution in [0.25, 0.3) is 0 Å². The summed E-state index contributed by atoms with van der Waals surface area (Å²) < 4.78 is 0. The number of carbonyl (C=O) groups is 1. The van der Waals surface area contributed by atoms with Crippen molar-refractivity contribution in [3.05, 3.63) is 29.8 Å². The van der Waals surface area contributed by atoms with Gasteiger partial charge in [0.2, 0.25) is 5.91 Å². The Hall–Kier alpha value is -1.04. The fourth-order valence-corrected chi connectivity index (χ4v) is 2.02. The summed E-state index contributed by atoms with van der Waals surface area (Å²) in [4.78, 5) is 11.7. The lowest BCUT2D eigenvalue weighted by atomic mass is 10.0. The van der Waals surface area contributed by atoms with Gasteiger partial charge in [-0.3, -0.25) is 4.79 Å². The van der Waals surface area contributed by atoms with E-state index in [1.54, 1.807) is 30.0 Å². The van der Waals surface area contributed by atoms with Crippen LogP contribution in [0, 0.1) is 0 Å². The highest BCUT2D eigenvalue weighted by molar-refractivity contribution is 7.99. The van der Waals surface area contributed by atoms with E-state index >= 15 is 0 Å². The molecule has 0 heterocycles. The van der Waals surface area contributed by atoms with E-state index in [2.05, 4.69) is 0 Å². The first-order valence-electron chi connectivity index (χ1n) is 4.94. The molecule has 0 saturated carbocycles. The van der Waals surface area contributed by atoms with Crippen LogP contribution in [0.3, 0.4) is 0 Å². The number of carbonyl (C=O) groups excluding carboxylic acids is 1. The highest BCUT2D eigenvalue weighted by atomic mass is 32.2. The first-order chi connectivity index (χ1) is 7.56. The number of nitrogens with two attached hydrogens (primary N) is 1. The molecule has 1 amide bonds. The number of hydrogen-bond donors (Lipinski definition) is 3. The van der Waals surface area contributed by atoms with Gasteiger partial charge in [-0.05, 0) is 23.4 Å². The Labute approximate surface area is 98.5 Å². The molecule has 2 atom stereocenters. The molecule has 0 fully saturated rings. The number of amides is 1. The zero-order valence-corrected chi connectivity index (χ0v) is 9.78. The maximum Gasteiger partial charge on any atom is 0.249 e. The number of aliphatic hydroxyl groups excluding tert-OH is 2. The summed E-state index contributed by atoms with van der Waals surface area (Å²) in [6, 6.07) is 7.06. The Morgan fingerprint density at radius 2 is 2.19 bits per heavy atom. The monoisotopic (exact) mass is 241 g/mol. The third-order valence-electron chi connectivity index (χ3n) is 2.10. The molecule has 4 nitrogen and oxygen atoms in total. The van der Waals surface area contributed by atoms with Crippen LogP contribution in [0.4, 0.5) is 0 Å². The average molecular weight is 241 g/mol. The maximum atomic E-state index is 10.7. The van der Waals surface area contributed by atoms with Gasteiger partial charge in [0.15, 0.2) is 6.10 Å². The third kappa shape index (κ3) is 3.23. The Balaban J connectivity index is 2.86. The molecule has 1 aromatic rings. The van der Waals surface area contributed by atoms with Gasteiger partial charge in [-0.2, -0.15) is 0 Å². The van der Waals surface area contributed by atoms with Gasteiger partial charge in [0.25, 0.3) is 0 Å². The molecule has 0 aliphatic rings. The standard InChI is InChI=1S/C11H15NO3S/c1-2-16-8-5-3-4-7(6-8)9(13)10(14)11(12)15/h3-6,9-10,13-14H,2H2,1H3,(H2,12,15). The molecule has 4 N–H and O–H groups in total. The molecule has 0 bridgehead atoms. The van der Waals surface area contributed by atoms with Crippen molar-refractivity contribution in [1.82, 2.24) is 0 Å². The number of aliphatic hydroxyl groups is 2. The second-order valence-electron chi connectivity index (χ2n) is 3.30. The van der Waals surface area contributed by atoms with Crippen molar-refractivity contribution < 1.29 is 15.0 Å². The molecule has 0 aliphatic carbocycles. The predicted molar refractivity (Wildman–Crippen MR) is 63.0 cm³/mol. The molecule has 88 valence electrons. The van der Waals surface area contributed by atoms with Gasteiger partial charge in [-0.1, -0.05) is 19.1 Å². The normalized spacial score (nSPS) is 14.4. The molecule has 0 aliphatic heterocycles. The summed E-state index contributed by atoms with van der Waals surface area (Å²) in [5, 5.41) is 19.0. The fourth-order valence-electron chi connectivity index (χ4n) is 1.29. The van der Waals surface area contributed by atoms with Crippen molar-refractivity contribution in [3.8, 4) is 0 Å². The largest absolute Gasteiger partial charge is 0.385 e. The Kier molecular flexibility index (Phi) is 4.79. The van der Waals surface area contributed by atoms with E-state index in [0.29, 0.717) is 5.56 Å². The first-order valence-corrected chi connectivity index (χ1v) is 5.93. The zero-order valence-electron chi connectivity index (χ0n) is 8.96. The number of rotatable bonds is 5. The van der Waals surface area contributed by atoms with Crippen molar-refractivity contribution in [1.29, 1.82) is 0 Å².